The second-order valence-electron chi connectivity index (χ2n) is 2.49. The Morgan fingerprint density at radius 2 is 2.20 bits per heavy atom. The summed E-state index contributed by atoms with van der Waals surface area (Å²) in [5.74, 6) is 0. The van der Waals surface area contributed by atoms with Gasteiger partial charge in [0.05, 0.1) is 0 Å². The van der Waals surface area contributed by atoms with Crippen LogP contribution in [-0.2, 0) is 0 Å². The fraction of sp³-hybridized carbons (Fsp3) is 0. The lowest BCUT2D eigenvalue weighted by Crippen LogP contribution is -1.95. The molecule has 0 aliphatic carbocycles. The predicted molar refractivity (Wildman–Crippen MR) is 53.7 cm³/mol. The highest BCUT2D eigenvalue weighted by Crippen LogP contribution is 2.20. The van der Waals surface area contributed by atoms with Gasteiger partial charge in [0, 0.05) is 5.38 Å². The topological polar surface area (TPSA) is 78.3 Å². The van der Waals surface area contributed by atoms with Crippen molar-refractivity contribution in [2.24, 2.45) is 0 Å². The zero-order chi connectivity index (χ0) is 10.8. The molecule has 0 amide bonds. The Hall–Kier alpha value is -1.89. The molecule has 0 unspecified atom stereocenters. The number of aromatic nitrogens is 3. The standard InChI is InChI=1S/C8H2ClN5S/c9-7-3-15-8(13-7)14-4-12-5(1-10)6(14)2-11/h3-4H. The molecule has 0 aliphatic heterocycles. The third-order valence-corrected chi connectivity index (χ3v) is 2.81. The average molecular weight is 236 g/mol. The van der Waals surface area contributed by atoms with E-state index in [2.05, 4.69) is 9.97 Å². The maximum absolute atomic E-state index is 8.87. The Labute approximate surface area is 93.8 Å². The molecule has 0 spiro atoms. The van der Waals surface area contributed by atoms with Gasteiger partial charge in [0.1, 0.15) is 23.6 Å². The average Bonchev–Trinajstić information content (AvgIpc) is 2.82. The molecule has 0 aliphatic rings. The number of hydrogen-bond acceptors (Lipinski definition) is 5. The summed E-state index contributed by atoms with van der Waals surface area (Å²) in [5, 5.41) is 20.1. The van der Waals surface area contributed by atoms with Crippen LogP contribution < -0.4 is 0 Å². The SMILES string of the molecule is N#Cc1ncn(-c2nc(Cl)cs2)c1C#N. The zero-order valence-corrected chi connectivity index (χ0v) is 8.75. The third-order valence-electron chi connectivity index (χ3n) is 1.65. The van der Waals surface area contributed by atoms with E-state index < -0.39 is 0 Å². The summed E-state index contributed by atoms with van der Waals surface area (Å²) in [5.41, 5.74) is 0.257. The number of imidazole rings is 1. The molecule has 0 N–H and O–H groups in total. The Kier molecular flexibility index (Phi) is 2.38. The monoisotopic (exact) mass is 235 g/mol. The molecule has 72 valence electrons. The van der Waals surface area contributed by atoms with Crippen molar-refractivity contribution in [2.45, 2.75) is 0 Å². The van der Waals surface area contributed by atoms with Crippen molar-refractivity contribution < 1.29 is 0 Å². The minimum Gasteiger partial charge on any atom is -0.264 e. The van der Waals surface area contributed by atoms with Gasteiger partial charge < -0.3 is 0 Å². The van der Waals surface area contributed by atoms with E-state index >= 15 is 0 Å². The Morgan fingerprint density at radius 1 is 1.40 bits per heavy atom. The molecule has 2 aromatic rings. The fourth-order valence-corrected chi connectivity index (χ4v) is 1.96. The van der Waals surface area contributed by atoms with Gasteiger partial charge in [-0.3, -0.25) is 4.57 Å². The number of rotatable bonds is 1. The summed E-state index contributed by atoms with van der Waals surface area (Å²) in [6.45, 7) is 0. The molecule has 2 heterocycles. The predicted octanol–water partition coefficient (Wildman–Crippen LogP) is 1.73. The second kappa shape index (κ2) is 3.70. The molecule has 0 saturated carbocycles. The summed E-state index contributed by atoms with van der Waals surface area (Å²) < 4.78 is 1.44. The molecule has 0 bridgehead atoms. The first kappa shape index (κ1) is 9.66. The molecule has 0 aromatic carbocycles. The first-order valence-corrected chi connectivity index (χ1v) is 5.01. The van der Waals surface area contributed by atoms with E-state index in [1.165, 1.54) is 22.2 Å². The van der Waals surface area contributed by atoms with Gasteiger partial charge in [0.25, 0.3) is 0 Å². The van der Waals surface area contributed by atoms with Gasteiger partial charge >= 0.3 is 0 Å². The first-order valence-electron chi connectivity index (χ1n) is 3.75. The number of halogens is 1. The lowest BCUT2D eigenvalue weighted by molar-refractivity contribution is 1.01. The van der Waals surface area contributed by atoms with E-state index in [4.69, 9.17) is 22.1 Å². The van der Waals surface area contributed by atoms with Crippen LogP contribution in [0.3, 0.4) is 0 Å². The van der Waals surface area contributed by atoms with Crippen molar-refractivity contribution in [3.63, 3.8) is 0 Å². The third kappa shape index (κ3) is 1.57. The van der Waals surface area contributed by atoms with E-state index in [1.807, 2.05) is 12.1 Å². The molecule has 5 nitrogen and oxygen atoms in total. The van der Waals surface area contributed by atoms with Crippen LogP contribution in [-0.4, -0.2) is 14.5 Å². The van der Waals surface area contributed by atoms with Gasteiger partial charge in [-0.1, -0.05) is 11.6 Å². The maximum atomic E-state index is 8.87. The molecular weight excluding hydrogens is 234 g/mol. The molecule has 15 heavy (non-hydrogen) atoms. The quantitative estimate of drug-likeness (QED) is 0.754. The summed E-state index contributed by atoms with van der Waals surface area (Å²) in [6.07, 6.45) is 1.38. The van der Waals surface area contributed by atoms with Crippen molar-refractivity contribution in [1.82, 2.24) is 14.5 Å². The van der Waals surface area contributed by atoms with Gasteiger partial charge in [-0.15, -0.1) is 11.3 Å². The van der Waals surface area contributed by atoms with Crippen LogP contribution in [0.4, 0.5) is 0 Å². The maximum Gasteiger partial charge on any atom is 0.197 e. The van der Waals surface area contributed by atoms with Crippen molar-refractivity contribution >= 4 is 22.9 Å². The van der Waals surface area contributed by atoms with Crippen molar-refractivity contribution in [3.05, 3.63) is 28.2 Å². The van der Waals surface area contributed by atoms with E-state index in [9.17, 15) is 0 Å². The second-order valence-corrected chi connectivity index (χ2v) is 3.71. The Morgan fingerprint density at radius 3 is 2.73 bits per heavy atom. The highest BCUT2D eigenvalue weighted by Gasteiger charge is 2.13. The molecule has 0 radical (unpaired) electrons. The molecule has 2 rings (SSSR count). The fourth-order valence-electron chi connectivity index (χ4n) is 1.04. The van der Waals surface area contributed by atoms with Crippen LogP contribution in [0.15, 0.2) is 11.7 Å². The smallest absolute Gasteiger partial charge is 0.197 e. The molecule has 2 aromatic heterocycles. The lowest BCUT2D eigenvalue weighted by Gasteiger charge is -1.95. The minimum absolute atomic E-state index is 0.0869. The Balaban J connectivity index is 2.61. The normalized spacial score (nSPS) is 9.53. The van der Waals surface area contributed by atoms with Crippen LogP contribution >= 0.6 is 22.9 Å². The summed E-state index contributed by atoms with van der Waals surface area (Å²) in [6, 6.07) is 3.74. The van der Waals surface area contributed by atoms with Crippen molar-refractivity contribution in [2.75, 3.05) is 0 Å². The molecular formula is C8H2ClN5S. The lowest BCUT2D eigenvalue weighted by atomic mass is 10.4. The van der Waals surface area contributed by atoms with Crippen LogP contribution in [0.2, 0.25) is 5.15 Å². The Bertz CT molecular complexity index is 585. The summed E-state index contributed by atoms with van der Waals surface area (Å²) in [7, 11) is 0. The number of hydrogen-bond donors (Lipinski definition) is 0. The number of nitrogens with zero attached hydrogens (tertiary/aromatic N) is 5. The van der Waals surface area contributed by atoms with Crippen molar-refractivity contribution in [3.8, 4) is 17.3 Å². The molecule has 0 atom stereocenters. The van der Waals surface area contributed by atoms with Gasteiger partial charge in [0.15, 0.2) is 16.5 Å². The van der Waals surface area contributed by atoms with Crippen LogP contribution in [0.25, 0.3) is 5.13 Å². The van der Waals surface area contributed by atoms with Crippen LogP contribution in [0, 0.1) is 22.7 Å². The van der Waals surface area contributed by atoms with E-state index in [0.29, 0.717) is 10.3 Å². The number of thiazole rings is 1. The van der Waals surface area contributed by atoms with Gasteiger partial charge in [0.2, 0.25) is 0 Å². The molecule has 7 heteroatoms. The summed E-state index contributed by atoms with van der Waals surface area (Å²) >= 11 is 6.94. The van der Waals surface area contributed by atoms with E-state index in [1.54, 1.807) is 5.38 Å². The summed E-state index contributed by atoms with van der Waals surface area (Å²) in [4.78, 5) is 7.78. The van der Waals surface area contributed by atoms with Gasteiger partial charge in [-0.25, -0.2) is 9.97 Å². The zero-order valence-electron chi connectivity index (χ0n) is 7.18. The van der Waals surface area contributed by atoms with Crippen LogP contribution in [0.5, 0.6) is 0 Å². The van der Waals surface area contributed by atoms with Gasteiger partial charge in [-0.05, 0) is 0 Å². The number of nitriles is 2. The first-order chi connectivity index (χ1) is 7.26. The highest BCUT2D eigenvalue weighted by atomic mass is 35.5. The largest absolute Gasteiger partial charge is 0.264 e. The van der Waals surface area contributed by atoms with Gasteiger partial charge in [-0.2, -0.15) is 10.5 Å². The van der Waals surface area contributed by atoms with E-state index in [0.717, 1.165) is 0 Å². The minimum atomic E-state index is 0.0869. The molecule has 0 fully saturated rings. The van der Waals surface area contributed by atoms with Crippen LogP contribution in [0.1, 0.15) is 11.4 Å². The molecule has 0 saturated heterocycles. The van der Waals surface area contributed by atoms with E-state index in [-0.39, 0.29) is 11.4 Å². The van der Waals surface area contributed by atoms with Crippen molar-refractivity contribution in [1.29, 1.82) is 10.5 Å². The highest BCUT2D eigenvalue weighted by molar-refractivity contribution is 7.12.